The first-order chi connectivity index (χ1) is 9.72. The molecular weight excluding hydrogens is 272 g/mol. The number of hydrogen-bond donors (Lipinski definition) is 1. The maximum atomic E-state index is 12.0. The maximum absolute atomic E-state index is 12.0. The summed E-state index contributed by atoms with van der Waals surface area (Å²) in [6.07, 6.45) is 7.66. The van der Waals surface area contributed by atoms with Crippen molar-refractivity contribution in [3.63, 3.8) is 0 Å². The number of pyridine rings is 1. The molecule has 3 nitrogen and oxygen atoms in total. The molecule has 0 aliphatic rings. The van der Waals surface area contributed by atoms with E-state index in [2.05, 4.69) is 16.2 Å². The molecule has 0 saturated carbocycles. The average Bonchev–Trinajstić information content (AvgIpc) is 2.47. The molecule has 2 rings (SSSR count). The molecule has 4 heteroatoms. The lowest BCUT2D eigenvalue weighted by atomic mass is 10.1. The molecule has 0 aliphatic carbocycles. The molecule has 20 heavy (non-hydrogen) atoms. The molecule has 0 saturated heterocycles. The number of carbonyl (C=O) groups excluding carboxylic acids is 1. The van der Waals surface area contributed by atoms with Crippen LogP contribution in [0.2, 0.25) is 5.15 Å². The van der Waals surface area contributed by atoms with Gasteiger partial charge in [-0.25, -0.2) is 4.98 Å². The molecule has 0 radical (unpaired) electrons. The molecule has 1 aromatic heterocycles. The highest BCUT2D eigenvalue weighted by atomic mass is 35.5. The minimum atomic E-state index is -0.210. The van der Waals surface area contributed by atoms with Gasteiger partial charge in [0.1, 0.15) is 10.8 Å². The van der Waals surface area contributed by atoms with E-state index in [9.17, 15) is 4.79 Å². The first-order valence-electron chi connectivity index (χ1n) is 6.49. The first kappa shape index (κ1) is 14.4. The van der Waals surface area contributed by atoms with Crippen molar-refractivity contribution in [2.24, 2.45) is 0 Å². The summed E-state index contributed by atoms with van der Waals surface area (Å²) >= 11 is 6.10. The summed E-state index contributed by atoms with van der Waals surface area (Å²) in [5.74, 6) is 2.36. The van der Waals surface area contributed by atoms with Gasteiger partial charge in [0.2, 0.25) is 0 Å². The zero-order chi connectivity index (χ0) is 14.4. The highest BCUT2D eigenvalue weighted by molar-refractivity contribution is 6.34. The highest BCUT2D eigenvalue weighted by Crippen LogP contribution is 2.22. The molecule has 1 N–H and O–H groups in total. The molecule has 2 aromatic rings. The van der Waals surface area contributed by atoms with Gasteiger partial charge in [0.25, 0.3) is 5.91 Å². The topological polar surface area (TPSA) is 42.0 Å². The third-order valence-corrected chi connectivity index (χ3v) is 3.25. The van der Waals surface area contributed by atoms with Gasteiger partial charge in [0.15, 0.2) is 0 Å². The van der Waals surface area contributed by atoms with E-state index in [1.807, 2.05) is 24.3 Å². The first-order valence-corrected chi connectivity index (χ1v) is 6.87. The van der Waals surface area contributed by atoms with Crippen LogP contribution in [0.4, 0.5) is 0 Å². The van der Waals surface area contributed by atoms with Crippen LogP contribution in [0.25, 0.3) is 10.8 Å². The number of unbranched alkanes of at least 4 members (excludes halogenated alkanes) is 2. The molecule has 1 aromatic carbocycles. The largest absolute Gasteiger partial charge is 0.351 e. The van der Waals surface area contributed by atoms with Crippen molar-refractivity contribution in [2.75, 3.05) is 6.54 Å². The number of nitrogens with one attached hydrogen (secondary N) is 1. The Bertz CT molecular complexity index is 661. The Morgan fingerprint density at radius 2 is 2.15 bits per heavy atom. The molecule has 102 valence electrons. The Kier molecular flexibility index (Phi) is 4.97. The molecule has 0 bridgehead atoms. The molecular formula is C16H15ClN2O. The van der Waals surface area contributed by atoms with E-state index in [0.717, 1.165) is 30.0 Å². The molecule has 0 fully saturated rings. The number of fused-ring (bicyclic) bond motifs is 1. The number of amides is 1. The number of carbonyl (C=O) groups is 1. The maximum Gasteiger partial charge on any atom is 0.269 e. The van der Waals surface area contributed by atoms with Crippen LogP contribution in [-0.4, -0.2) is 17.4 Å². The number of nitrogens with zero attached hydrogens (tertiary/aromatic N) is 1. The van der Waals surface area contributed by atoms with E-state index in [1.54, 1.807) is 6.07 Å². The smallest absolute Gasteiger partial charge is 0.269 e. The average molecular weight is 287 g/mol. The summed E-state index contributed by atoms with van der Waals surface area (Å²) in [5, 5.41) is 4.92. The predicted octanol–water partition coefficient (Wildman–Crippen LogP) is 3.42. The van der Waals surface area contributed by atoms with Crippen LogP contribution in [0.5, 0.6) is 0 Å². The fourth-order valence-electron chi connectivity index (χ4n) is 1.92. The number of benzene rings is 1. The van der Waals surface area contributed by atoms with E-state index in [0.29, 0.717) is 17.4 Å². The molecule has 0 atom stereocenters. The second-order valence-electron chi connectivity index (χ2n) is 4.44. The van der Waals surface area contributed by atoms with Gasteiger partial charge in [0, 0.05) is 18.4 Å². The molecule has 0 aliphatic heterocycles. The quantitative estimate of drug-likeness (QED) is 0.520. The lowest BCUT2D eigenvalue weighted by Crippen LogP contribution is -2.25. The van der Waals surface area contributed by atoms with Crippen LogP contribution < -0.4 is 5.32 Å². The number of hydrogen-bond acceptors (Lipinski definition) is 2. The van der Waals surface area contributed by atoms with Crippen LogP contribution >= 0.6 is 11.6 Å². The molecule has 0 spiro atoms. The van der Waals surface area contributed by atoms with Gasteiger partial charge in [-0.2, -0.15) is 0 Å². The van der Waals surface area contributed by atoms with E-state index < -0.39 is 0 Å². The van der Waals surface area contributed by atoms with E-state index in [1.165, 1.54) is 0 Å². The minimum absolute atomic E-state index is 0.210. The summed E-state index contributed by atoms with van der Waals surface area (Å²) in [6.45, 7) is 0.590. The Morgan fingerprint density at radius 1 is 1.35 bits per heavy atom. The van der Waals surface area contributed by atoms with Gasteiger partial charge in [-0.15, -0.1) is 12.3 Å². The van der Waals surface area contributed by atoms with Gasteiger partial charge in [-0.3, -0.25) is 4.79 Å². The van der Waals surface area contributed by atoms with Gasteiger partial charge < -0.3 is 5.32 Å². The number of halogens is 1. The van der Waals surface area contributed by atoms with Gasteiger partial charge in [-0.1, -0.05) is 35.9 Å². The van der Waals surface area contributed by atoms with Gasteiger partial charge in [-0.05, 0) is 24.3 Å². The van der Waals surface area contributed by atoms with Crippen LogP contribution in [0.3, 0.4) is 0 Å². The van der Waals surface area contributed by atoms with Gasteiger partial charge in [0.05, 0.1) is 0 Å². The fraction of sp³-hybridized carbons (Fsp3) is 0.250. The van der Waals surface area contributed by atoms with Crippen molar-refractivity contribution >= 4 is 28.3 Å². The molecule has 0 unspecified atom stereocenters. The van der Waals surface area contributed by atoms with Crippen molar-refractivity contribution in [3.05, 3.63) is 41.2 Å². The van der Waals surface area contributed by atoms with E-state index in [-0.39, 0.29) is 5.91 Å². The number of terminal acetylenes is 1. The highest BCUT2D eigenvalue weighted by Gasteiger charge is 2.10. The van der Waals surface area contributed by atoms with Crippen molar-refractivity contribution in [3.8, 4) is 12.3 Å². The lowest BCUT2D eigenvalue weighted by molar-refractivity contribution is 0.0948. The van der Waals surface area contributed by atoms with Crippen LogP contribution in [0.15, 0.2) is 30.3 Å². The Morgan fingerprint density at radius 3 is 2.95 bits per heavy atom. The van der Waals surface area contributed by atoms with Crippen molar-refractivity contribution in [1.82, 2.24) is 10.3 Å². The normalized spacial score (nSPS) is 10.2. The number of rotatable bonds is 5. The summed E-state index contributed by atoms with van der Waals surface area (Å²) in [5.41, 5.74) is 0.339. The number of aromatic nitrogens is 1. The van der Waals surface area contributed by atoms with Crippen molar-refractivity contribution in [1.29, 1.82) is 0 Å². The second kappa shape index (κ2) is 6.93. The summed E-state index contributed by atoms with van der Waals surface area (Å²) in [7, 11) is 0. The van der Waals surface area contributed by atoms with Crippen LogP contribution in [0, 0.1) is 12.3 Å². The van der Waals surface area contributed by atoms with E-state index >= 15 is 0 Å². The predicted molar refractivity (Wildman–Crippen MR) is 81.8 cm³/mol. The SMILES string of the molecule is C#CCCCCNC(=O)c1cc2ccccc2c(Cl)n1. The zero-order valence-corrected chi connectivity index (χ0v) is 11.8. The Hall–Kier alpha value is -2.05. The monoisotopic (exact) mass is 286 g/mol. The van der Waals surface area contributed by atoms with Crippen LogP contribution in [-0.2, 0) is 0 Å². The fourth-order valence-corrected chi connectivity index (χ4v) is 2.18. The van der Waals surface area contributed by atoms with E-state index in [4.69, 9.17) is 18.0 Å². The second-order valence-corrected chi connectivity index (χ2v) is 4.79. The molecule has 1 amide bonds. The third-order valence-electron chi connectivity index (χ3n) is 2.96. The third kappa shape index (κ3) is 3.49. The van der Waals surface area contributed by atoms with Crippen molar-refractivity contribution in [2.45, 2.75) is 19.3 Å². The summed E-state index contributed by atoms with van der Waals surface area (Å²) < 4.78 is 0. The lowest BCUT2D eigenvalue weighted by Gasteiger charge is -2.06. The minimum Gasteiger partial charge on any atom is -0.351 e. The Balaban J connectivity index is 2.05. The summed E-state index contributed by atoms with van der Waals surface area (Å²) in [6, 6.07) is 9.33. The zero-order valence-electron chi connectivity index (χ0n) is 11.0. The Labute approximate surface area is 123 Å². The van der Waals surface area contributed by atoms with Gasteiger partial charge >= 0.3 is 0 Å². The van der Waals surface area contributed by atoms with Crippen molar-refractivity contribution < 1.29 is 4.79 Å². The van der Waals surface area contributed by atoms with Crippen LogP contribution in [0.1, 0.15) is 29.8 Å². The molecule has 1 heterocycles. The summed E-state index contributed by atoms with van der Waals surface area (Å²) in [4.78, 5) is 16.1. The standard InChI is InChI=1S/C16H15ClN2O/c1-2-3-4-7-10-18-16(20)14-11-12-8-5-6-9-13(12)15(17)19-14/h1,5-6,8-9,11H,3-4,7,10H2,(H,18,20).